The van der Waals surface area contributed by atoms with Crippen molar-refractivity contribution in [2.45, 2.75) is 6.42 Å². The lowest BCUT2D eigenvalue weighted by Gasteiger charge is -2.14. The number of carbonyl (C=O) groups is 1. The molecule has 0 fully saturated rings. The van der Waals surface area contributed by atoms with E-state index in [0.717, 1.165) is 5.56 Å². The largest absolute Gasteiger partial charge is 0.493 e. The van der Waals surface area contributed by atoms with Crippen LogP contribution in [0, 0.1) is 0 Å². The highest BCUT2D eigenvalue weighted by molar-refractivity contribution is 5.98. The number of hydrogen-bond donors (Lipinski definition) is 0. The molecule has 0 radical (unpaired) electrons. The van der Waals surface area contributed by atoms with Crippen LogP contribution in [0.1, 0.15) is 15.9 Å². The number of ketones is 1. The second-order valence-electron chi connectivity index (χ2n) is 5.20. The number of carbonyl (C=O) groups excluding carboxylic acids is 1. The summed E-state index contributed by atoms with van der Waals surface area (Å²) >= 11 is 0. The van der Waals surface area contributed by atoms with E-state index in [1.807, 2.05) is 6.07 Å². The highest BCUT2D eigenvalue weighted by Gasteiger charge is 2.17. The summed E-state index contributed by atoms with van der Waals surface area (Å²) in [5.74, 6) is 2.46. The van der Waals surface area contributed by atoms with Crippen LogP contribution in [-0.4, -0.2) is 41.3 Å². The quantitative estimate of drug-likeness (QED) is 0.684. The topological polar surface area (TPSA) is 63.2 Å². The molecule has 6 nitrogen and oxygen atoms in total. The molecule has 0 saturated carbocycles. The van der Waals surface area contributed by atoms with Crippen LogP contribution in [0.2, 0.25) is 0 Å². The van der Waals surface area contributed by atoms with E-state index < -0.39 is 0 Å². The van der Waals surface area contributed by atoms with Crippen LogP contribution in [0.5, 0.6) is 28.7 Å². The SMILES string of the molecule is COc1ccc(CC(=O)c2cc(OC)c(OC)c(OC)c2)cc1OC. The number of rotatable bonds is 8. The van der Waals surface area contributed by atoms with E-state index in [0.29, 0.717) is 34.3 Å². The molecule has 2 aromatic carbocycles. The first-order valence-electron chi connectivity index (χ1n) is 7.62. The Hall–Kier alpha value is -2.89. The highest BCUT2D eigenvalue weighted by Crippen LogP contribution is 2.38. The number of hydrogen-bond acceptors (Lipinski definition) is 6. The highest BCUT2D eigenvalue weighted by atomic mass is 16.5. The lowest BCUT2D eigenvalue weighted by molar-refractivity contribution is 0.0992. The summed E-state index contributed by atoms with van der Waals surface area (Å²) in [7, 11) is 7.67. The molecule has 0 N–H and O–H groups in total. The van der Waals surface area contributed by atoms with Gasteiger partial charge in [0.05, 0.1) is 35.5 Å². The van der Waals surface area contributed by atoms with Gasteiger partial charge < -0.3 is 23.7 Å². The molecule has 0 amide bonds. The van der Waals surface area contributed by atoms with Crippen molar-refractivity contribution >= 4 is 5.78 Å². The normalized spacial score (nSPS) is 10.1. The minimum Gasteiger partial charge on any atom is -0.493 e. The first-order chi connectivity index (χ1) is 12.1. The van der Waals surface area contributed by atoms with Gasteiger partial charge in [-0.3, -0.25) is 4.79 Å². The van der Waals surface area contributed by atoms with Crippen LogP contribution in [0.4, 0.5) is 0 Å². The van der Waals surface area contributed by atoms with E-state index in [4.69, 9.17) is 23.7 Å². The lowest BCUT2D eigenvalue weighted by Crippen LogP contribution is -2.06. The van der Waals surface area contributed by atoms with E-state index >= 15 is 0 Å². The predicted octanol–water partition coefficient (Wildman–Crippen LogP) is 3.16. The van der Waals surface area contributed by atoms with Gasteiger partial charge in [-0.1, -0.05) is 6.07 Å². The minimum atomic E-state index is -0.0773. The molecule has 25 heavy (non-hydrogen) atoms. The van der Waals surface area contributed by atoms with Gasteiger partial charge in [-0.25, -0.2) is 0 Å². The predicted molar refractivity (Wildman–Crippen MR) is 93.7 cm³/mol. The fraction of sp³-hybridized carbons (Fsp3) is 0.316. The van der Waals surface area contributed by atoms with Gasteiger partial charge in [-0.05, 0) is 29.8 Å². The third-order valence-corrected chi connectivity index (χ3v) is 3.80. The molecule has 0 atom stereocenters. The van der Waals surface area contributed by atoms with Gasteiger partial charge in [0.25, 0.3) is 0 Å². The fourth-order valence-corrected chi connectivity index (χ4v) is 2.52. The molecule has 134 valence electrons. The van der Waals surface area contributed by atoms with Crippen LogP contribution >= 0.6 is 0 Å². The molecule has 0 aliphatic carbocycles. The van der Waals surface area contributed by atoms with E-state index in [2.05, 4.69) is 0 Å². The summed E-state index contributed by atoms with van der Waals surface area (Å²) in [5, 5.41) is 0. The maximum absolute atomic E-state index is 12.7. The molecule has 0 unspecified atom stereocenters. The van der Waals surface area contributed by atoms with Crippen molar-refractivity contribution in [1.82, 2.24) is 0 Å². The summed E-state index contributed by atoms with van der Waals surface area (Å²) in [6.07, 6.45) is 0.207. The van der Waals surface area contributed by atoms with Gasteiger partial charge in [-0.15, -0.1) is 0 Å². The van der Waals surface area contributed by atoms with E-state index in [1.165, 1.54) is 21.3 Å². The summed E-state index contributed by atoms with van der Waals surface area (Å²) in [4.78, 5) is 12.7. The second-order valence-corrected chi connectivity index (χ2v) is 5.20. The van der Waals surface area contributed by atoms with Crippen molar-refractivity contribution in [3.63, 3.8) is 0 Å². The number of ether oxygens (including phenoxy) is 5. The second kappa shape index (κ2) is 8.28. The summed E-state index contributed by atoms with van der Waals surface area (Å²) in [6, 6.07) is 8.68. The molecular formula is C19H22O6. The smallest absolute Gasteiger partial charge is 0.203 e. The summed E-state index contributed by atoms with van der Waals surface area (Å²) in [6.45, 7) is 0. The van der Waals surface area contributed by atoms with Crippen LogP contribution in [0.25, 0.3) is 0 Å². The minimum absolute atomic E-state index is 0.0773. The van der Waals surface area contributed by atoms with Gasteiger partial charge in [0.2, 0.25) is 5.75 Å². The van der Waals surface area contributed by atoms with Crippen molar-refractivity contribution in [3.05, 3.63) is 41.5 Å². The number of methoxy groups -OCH3 is 5. The molecule has 0 aliphatic rings. The Kier molecular flexibility index (Phi) is 6.11. The maximum atomic E-state index is 12.7. The van der Waals surface area contributed by atoms with Crippen LogP contribution in [0.3, 0.4) is 0 Å². The Labute approximate surface area is 147 Å². The molecular weight excluding hydrogens is 324 g/mol. The van der Waals surface area contributed by atoms with Gasteiger partial charge in [0, 0.05) is 12.0 Å². The number of Topliss-reactive ketones (excluding diaryl/α,β-unsaturated/α-hetero) is 1. The van der Waals surface area contributed by atoms with E-state index in [1.54, 1.807) is 38.5 Å². The van der Waals surface area contributed by atoms with E-state index in [-0.39, 0.29) is 12.2 Å². The third-order valence-electron chi connectivity index (χ3n) is 3.80. The third kappa shape index (κ3) is 3.96. The van der Waals surface area contributed by atoms with Crippen molar-refractivity contribution < 1.29 is 28.5 Å². The zero-order valence-electron chi connectivity index (χ0n) is 15.0. The zero-order chi connectivity index (χ0) is 18.4. The Balaban J connectivity index is 2.32. The average Bonchev–Trinajstić information content (AvgIpc) is 2.66. The van der Waals surface area contributed by atoms with Gasteiger partial charge in [0.15, 0.2) is 28.8 Å². The molecule has 0 heterocycles. The molecule has 0 spiro atoms. The average molecular weight is 346 g/mol. The molecule has 2 rings (SSSR count). The Morgan fingerprint density at radius 2 is 1.28 bits per heavy atom. The molecule has 6 heteroatoms. The molecule has 0 aromatic heterocycles. The summed E-state index contributed by atoms with van der Waals surface area (Å²) < 4.78 is 26.3. The standard InChI is InChI=1S/C19H22O6/c1-21-15-7-6-12(9-16(15)22-2)8-14(20)13-10-17(23-3)19(25-5)18(11-13)24-4/h6-7,9-11H,8H2,1-5H3. The zero-order valence-corrected chi connectivity index (χ0v) is 15.0. The Morgan fingerprint density at radius 3 is 1.76 bits per heavy atom. The molecule has 0 saturated heterocycles. The van der Waals surface area contributed by atoms with Crippen molar-refractivity contribution in [2.24, 2.45) is 0 Å². The van der Waals surface area contributed by atoms with Gasteiger partial charge >= 0.3 is 0 Å². The first-order valence-corrected chi connectivity index (χ1v) is 7.62. The van der Waals surface area contributed by atoms with Crippen molar-refractivity contribution in [2.75, 3.05) is 35.5 Å². The Bertz CT molecular complexity index is 729. The first kappa shape index (κ1) is 18.4. The van der Waals surface area contributed by atoms with Crippen LogP contribution in [0.15, 0.2) is 30.3 Å². The molecule has 0 bridgehead atoms. The van der Waals surface area contributed by atoms with Crippen molar-refractivity contribution in [3.8, 4) is 28.7 Å². The Morgan fingerprint density at radius 1 is 0.720 bits per heavy atom. The monoisotopic (exact) mass is 346 g/mol. The van der Waals surface area contributed by atoms with Crippen LogP contribution < -0.4 is 23.7 Å². The lowest BCUT2D eigenvalue weighted by atomic mass is 10.0. The van der Waals surface area contributed by atoms with Gasteiger partial charge in [-0.2, -0.15) is 0 Å². The summed E-state index contributed by atoms with van der Waals surface area (Å²) in [5.41, 5.74) is 1.29. The maximum Gasteiger partial charge on any atom is 0.203 e. The molecule has 0 aliphatic heterocycles. The van der Waals surface area contributed by atoms with Crippen molar-refractivity contribution in [1.29, 1.82) is 0 Å². The molecule has 2 aromatic rings. The number of benzene rings is 2. The van der Waals surface area contributed by atoms with Crippen LogP contribution in [-0.2, 0) is 6.42 Å². The fourth-order valence-electron chi connectivity index (χ4n) is 2.52. The van der Waals surface area contributed by atoms with E-state index in [9.17, 15) is 4.79 Å². The van der Waals surface area contributed by atoms with Gasteiger partial charge in [0.1, 0.15) is 0 Å².